The molecule has 0 aromatic heterocycles. The van der Waals surface area contributed by atoms with E-state index in [0.717, 1.165) is 24.1 Å². The summed E-state index contributed by atoms with van der Waals surface area (Å²) < 4.78 is 31.6. The van der Waals surface area contributed by atoms with E-state index in [1.54, 1.807) is 4.90 Å². The lowest BCUT2D eigenvalue weighted by Gasteiger charge is -2.23. The van der Waals surface area contributed by atoms with E-state index in [9.17, 15) is 13.6 Å². The van der Waals surface area contributed by atoms with Gasteiger partial charge in [-0.05, 0) is 37.1 Å². The Kier molecular flexibility index (Phi) is 10.4. The van der Waals surface area contributed by atoms with Crippen LogP contribution in [0.5, 0.6) is 5.75 Å². The Balaban J connectivity index is 0.00000364. The van der Waals surface area contributed by atoms with E-state index < -0.39 is 11.6 Å². The zero-order chi connectivity index (χ0) is 18.8. The fourth-order valence-corrected chi connectivity index (χ4v) is 2.53. The average Bonchev–Trinajstić information content (AvgIpc) is 2.64. The molecule has 0 fully saturated rings. The van der Waals surface area contributed by atoms with Gasteiger partial charge in [-0.25, -0.2) is 8.78 Å². The molecule has 0 radical (unpaired) electrons. The lowest BCUT2D eigenvalue weighted by atomic mass is 10.2. The number of carbonyl (C=O) groups excluding carboxylic acids is 1. The molecule has 7 heteroatoms. The van der Waals surface area contributed by atoms with Crippen LogP contribution in [0.15, 0.2) is 48.5 Å². The van der Waals surface area contributed by atoms with Crippen LogP contribution < -0.4 is 10.5 Å². The fraction of sp³-hybridized carbons (Fsp3) is 0.350. The van der Waals surface area contributed by atoms with Gasteiger partial charge in [0, 0.05) is 25.6 Å². The van der Waals surface area contributed by atoms with Crippen molar-refractivity contribution in [3.8, 4) is 5.75 Å². The minimum Gasteiger partial charge on any atom is -0.491 e. The summed E-state index contributed by atoms with van der Waals surface area (Å²) in [5.74, 6) is -1.40. The predicted molar refractivity (Wildman–Crippen MR) is 104 cm³/mol. The molecule has 0 bridgehead atoms. The van der Waals surface area contributed by atoms with Crippen LogP contribution in [-0.4, -0.2) is 30.5 Å². The van der Waals surface area contributed by atoms with Gasteiger partial charge >= 0.3 is 0 Å². The van der Waals surface area contributed by atoms with Crippen molar-refractivity contribution in [2.75, 3.05) is 19.7 Å². The number of nitrogens with zero attached hydrogens (tertiary/aromatic N) is 1. The Hall–Kier alpha value is -2.18. The van der Waals surface area contributed by atoms with Crippen LogP contribution >= 0.6 is 12.4 Å². The van der Waals surface area contributed by atoms with E-state index in [1.807, 2.05) is 30.3 Å². The molecule has 148 valence electrons. The topological polar surface area (TPSA) is 55.6 Å². The van der Waals surface area contributed by atoms with Gasteiger partial charge in [-0.15, -0.1) is 12.4 Å². The van der Waals surface area contributed by atoms with E-state index in [-0.39, 0.29) is 30.7 Å². The standard InChI is InChI=1S/C20H24F2N2O2.ClH/c21-17-9-10-19(18(22)14-17)26-13-4-8-20(25)24(12-5-11-23)15-16-6-2-1-3-7-16;/h1-3,6-7,9-10,14H,4-5,8,11-13,15,23H2;1H. The van der Waals surface area contributed by atoms with Crippen molar-refractivity contribution < 1.29 is 18.3 Å². The van der Waals surface area contributed by atoms with E-state index >= 15 is 0 Å². The van der Waals surface area contributed by atoms with Crippen LogP contribution in [0.25, 0.3) is 0 Å². The van der Waals surface area contributed by atoms with E-state index in [4.69, 9.17) is 10.5 Å². The molecule has 0 atom stereocenters. The summed E-state index contributed by atoms with van der Waals surface area (Å²) in [6.07, 6.45) is 1.47. The van der Waals surface area contributed by atoms with E-state index in [0.29, 0.717) is 32.5 Å². The van der Waals surface area contributed by atoms with Crippen molar-refractivity contribution in [3.63, 3.8) is 0 Å². The molecule has 2 N–H and O–H groups in total. The summed E-state index contributed by atoms with van der Waals surface area (Å²) in [4.78, 5) is 14.3. The zero-order valence-corrected chi connectivity index (χ0v) is 15.9. The van der Waals surface area contributed by atoms with Crippen LogP contribution in [0.1, 0.15) is 24.8 Å². The highest BCUT2D eigenvalue weighted by atomic mass is 35.5. The van der Waals surface area contributed by atoms with Crippen molar-refractivity contribution in [1.29, 1.82) is 0 Å². The van der Waals surface area contributed by atoms with Crippen molar-refractivity contribution in [1.82, 2.24) is 4.90 Å². The van der Waals surface area contributed by atoms with Crippen LogP contribution in [0.2, 0.25) is 0 Å². The minimum absolute atomic E-state index is 0. The average molecular weight is 399 g/mol. The number of ether oxygens (including phenoxy) is 1. The molecule has 0 aliphatic rings. The Morgan fingerprint density at radius 1 is 1.07 bits per heavy atom. The molecule has 27 heavy (non-hydrogen) atoms. The second-order valence-electron chi connectivity index (χ2n) is 5.97. The smallest absolute Gasteiger partial charge is 0.222 e. The SMILES string of the molecule is Cl.NCCCN(Cc1ccccc1)C(=O)CCCOc1ccc(F)cc1F. The predicted octanol–water partition coefficient (Wildman–Crippen LogP) is 3.92. The summed E-state index contributed by atoms with van der Waals surface area (Å²) in [6.45, 7) is 1.83. The molecule has 4 nitrogen and oxygen atoms in total. The van der Waals surface area contributed by atoms with Crippen molar-refractivity contribution in [2.24, 2.45) is 5.73 Å². The van der Waals surface area contributed by atoms with Gasteiger partial charge < -0.3 is 15.4 Å². The first-order chi connectivity index (χ1) is 12.6. The molecule has 0 saturated heterocycles. The second-order valence-corrected chi connectivity index (χ2v) is 5.97. The van der Waals surface area contributed by atoms with Gasteiger partial charge in [0.05, 0.1) is 6.61 Å². The third kappa shape index (κ3) is 7.93. The summed E-state index contributed by atoms with van der Waals surface area (Å²) in [5.41, 5.74) is 6.62. The normalized spacial score (nSPS) is 10.2. The van der Waals surface area contributed by atoms with E-state index in [1.165, 1.54) is 6.07 Å². The number of carbonyl (C=O) groups is 1. The minimum atomic E-state index is -0.745. The number of halogens is 3. The lowest BCUT2D eigenvalue weighted by molar-refractivity contribution is -0.132. The molecular weight excluding hydrogens is 374 g/mol. The summed E-state index contributed by atoms with van der Waals surface area (Å²) >= 11 is 0. The van der Waals surface area contributed by atoms with Gasteiger partial charge in [-0.2, -0.15) is 0 Å². The first kappa shape index (κ1) is 22.9. The first-order valence-electron chi connectivity index (χ1n) is 8.70. The zero-order valence-electron chi connectivity index (χ0n) is 15.1. The quantitative estimate of drug-likeness (QED) is 0.617. The Morgan fingerprint density at radius 2 is 1.81 bits per heavy atom. The number of hydrogen-bond acceptors (Lipinski definition) is 3. The molecule has 0 spiro atoms. The number of nitrogens with two attached hydrogens (primary N) is 1. The van der Waals surface area contributed by atoms with Crippen LogP contribution in [0.3, 0.4) is 0 Å². The van der Waals surface area contributed by atoms with Gasteiger partial charge in [0.25, 0.3) is 0 Å². The molecule has 0 aliphatic heterocycles. The molecule has 2 rings (SSSR count). The van der Waals surface area contributed by atoms with Gasteiger partial charge in [0.15, 0.2) is 11.6 Å². The highest BCUT2D eigenvalue weighted by Gasteiger charge is 2.13. The Labute approximate surface area is 164 Å². The third-order valence-electron chi connectivity index (χ3n) is 3.89. The van der Waals surface area contributed by atoms with Crippen molar-refractivity contribution >= 4 is 18.3 Å². The number of benzene rings is 2. The molecular formula is C20H25ClF2N2O2. The lowest BCUT2D eigenvalue weighted by Crippen LogP contribution is -2.32. The largest absolute Gasteiger partial charge is 0.491 e. The third-order valence-corrected chi connectivity index (χ3v) is 3.89. The fourth-order valence-electron chi connectivity index (χ4n) is 2.53. The van der Waals surface area contributed by atoms with Crippen molar-refractivity contribution in [3.05, 3.63) is 65.7 Å². The van der Waals surface area contributed by atoms with Crippen LogP contribution in [-0.2, 0) is 11.3 Å². The molecule has 1 amide bonds. The van der Waals surface area contributed by atoms with E-state index in [2.05, 4.69) is 0 Å². The first-order valence-corrected chi connectivity index (χ1v) is 8.70. The Morgan fingerprint density at radius 3 is 2.48 bits per heavy atom. The molecule has 2 aromatic carbocycles. The molecule has 0 aliphatic carbocycles. The molecule has 0 saturated carbocycles. The highest BCUT2D eigenvalue weighted by molar-refractivity contribution is 5.85. The summed E-state index contributed by atoms with van der Waals surface area (Å²) in [6, 6.07) is 12.9. The van der Waals surface area contributed by atoms with Crippen LogP contribution in [0, 0.1) is 11.6 Å². The molecule has 2 aromatic rings. The number of hydrogen-bond donors (Lipinski definition) is 1. The molecule has 0 heterocycles. The second kappa shape index (κ2) is 12.3. The highest BCUT2D eigenvalue weighted by Crippen LogP contribution is 2.18. The van der Waals surface area contributed by atoms with Gasteiger partial charge in [-0.1, -0.05) is 30.3 Å². The molecule has 0 unspecified atom stereocenters. The number of rotatable bonds is 10. The van der Waals surface area contributed by atoms with Crippen molar-refractivity contribution in [2.45, 2.75) is 25.8 Å². The maximum absolute atomic E-state index is 13.5. The summed E-state index contributed by atoms with van der Waals surface area (Å²) in [5, 5.41) is 0. The van der Waals surface area contributed by atoms with Crippen LogP contribution in [0.4, 0.5) is 8.78 Å². The van der Waals surface area contributed by atoms with Gasteiger partial charge in [0.1, 0.15) is 5.82 Å². The summed E-state index contributed by atoms with van der Waals surface area (Å²) in [7, 11) is 0. The maximum Gasteiger partial charge on any atom is 0.222 e. The van der Waals surface area contributed by atoms with Gasteiger partial charge in [-0.3, -0.25) is 4.79 Å². The van der Waals surface area contributed by atoms with Gasteiger partial charge in [0.2, 0.25) is 5.91 Å². The Bertz CT molecular complexity index is 702. The monoisotopic (exact) mass is 398 g/mol. The maximum atomic E-state index is 13.5. The number of amides is 1.